The Morgan fingerprint density at radius 2 is 1.40 bits per heavy atom. The third-order valence-corrected chi connectivity index (χ3v) is 6.02. The molecular formula is C17H32N3O4P. The number of nitrogens with zero attached hydrogens (tertiary/aromatic N) is 3. The van der Waals surface area contributed by atoms with Crippen molar-refractivity contribution in [3.8, 4) is 12.1 Å². The molecule has 0 saturated heterocycles. The van der Waals surface area contributed by atoms with E-state index in [2.05, 4.69) is 12.1 Å². The SMILES string of the molecule is CCOP(=O)(OCC)C(N(OC(C)(C)C#N)C(C)(C)C)C(C)(C)C#N. The zero-order valence-electron chi connectivity index (χ0n) is 16.9. The molecule has 0 saturated carbocycles. The Morgan fingerprint density at radius 1 is 0.960 bits per heavy atom. The van der Waals surface area contributed by atoms with Gasteiger partial charge in [0.2, 0.25) is 0 Å². The minimum absolute atomic E-state index is 0.162. The van der Waals surface area contributed by atoms with Gasteiger partial charge in [-0.15, -0.1) is 0 Å². The quantitative estimate of drug-likeness (QED) is 0.435. The summed E-state index contributed by atoms with van der Waals surface area (Å²) in [4.78, 5) is 5.93. The zero-order chi connectivity index (χ0) is 20.1. The molecule has 25 heavy (non-hydrogen) atoms. The predicted molar refractivity (Wildman–Crippen MR) is 96.4 cm³/mol. The van der Waals surface area contributed by atoms with Crippen molar-refractivity contribution in [2.24, 2.45) is 5.41 Å². The van der Waals surface area contributed by atoms with Crippen molar-refractivity contribution in [1.29, 1.82) is 10.5 Å². The van der Waals surface area contributed by atoms with Gasteiger partial charge in [0.15, 0.2) is 11.4 Å². The highest BCUT2D eigenvalue weighted by Crippen LogP contribution is 2.61. The van der Waals surface area contributed by atoms with Crippen LogP contribution in [0.25, 0.3) is 0 Å². The molecule has 0 aliphatic rings. The predicted octanol–water partition coefficient (Wildman–Crippen LogP) is 4.46. The van der Waals surface area contributed by atoms with E-state index in [0.29, 0.717) is 0 Å². The normalized spacial score (nSPS) is 14.9. The summed E-state index contributed by atoms with van der Waals surface area (Å²) in [5.41, 5.74) is -2.98. The first-order valence-electron chi connectivity index (χ1n) is 8.40. The molecule has 0 aromatic rings. The first kappa shape index (κ1) is 24.1. The highest BCUT2D eigenvalue weighted by molar-refractivity contribution is 7.54. The number of nitriles is 2. The molecule has 0 radical (unpaired) electrons. The summed E-state index contributed by atoms with van der Waals surface area (Å²) in [5.74, 6) is -1.02. The van der Waals surface area contributed by atoms with Crippen molar-refractivity contribution in [3.05, 3.63) is 0 Å². The molecule has 0 rings (SSSR count). The maximum Gasteiger partial charge on any atom is 0.351 e. The monoisotopic (exact) mass is 373 g/mol. The average molecular weight is 373 g/mol. The van der Waals surface area contributed by atoms with Crippen molar-refractivity contribution in [3.63, 3.8) is 0 Å². The van der Waals surface area contributed by atoms with Gasteiger partial charge in [0.05, 0.1) is 30.8 Å². The second kappa shape index (κ2) is 8.62. The van der Waals surface area contributed by atoms with Crippen LogP contribution >= 0.6 is 7.60 Å². The Hall–Kier alpha value is -0.950. The topological polar surface area (TPSA) is 95.6 Å². The number of hydrogen-bond donors (Lipinski definition) is 0. The molecule has 0 bridgehead atoms. The van der Waals surface area contributed by atoms with Gasteiger partial charge in [0, 0.05) is 5.54 Å². The van der Waals surface area contributed by atoms with Gasteiger partial charge in [0.25, 0.3) is 0 Å². The van der Waals surface area contributed by atoms with E-state index in [1.165, 1.54) is 5.06 Å². The van der Waals surface area contributed by atoms with Crippen LogP contribution < -0.4 is 0 Å². The highest BCUT2D eigenvalue weighted by Gasteiger charge is 2.54. The number of rotatable bonds is 9. The fourth-order valence-electron chi connectivity index (χ4n) is 2.23. The van der Waals surface area contributed by atoms with Gasteiger partial charge in [-0.2, -0.15) is 15.6 Å². The van der Waals surface area contributed by atoms with Crippen LogP contribution in [0, 0.1) is 28.1 Å². The lowest BCUT2D eigenvalue weighted by atomic mass is 9.93. The average Bonchev–Trinajstić information content (AvgIpc) is 2.45. The Morgan fingerprint density at radius 3 is 1.68 bits per heavy atom. The maximum absolute atomic E-state index is 13.6. The van der Waals surface area contributed by atoms with Gasteiger partial charge < -0.3 is 9.05 Å². The van der Waals surface area contributed by atoms with E-state index < -0.39 is 29.9 Å². The van der Waals surface area contributed by atoms with Gasteiger partial charge in [-0.1, -0.05) is 0 Å². The minimum Gasteiger partial charge on any atom is -0.308 e. The number of hydroxylamine groups is 2. The van der Waals surface area contributed by atoms with E-state index >= 15 is 0 Å². The van der Waals surface area contributed by atoms with Gasteiger partial charge in [-0.3, -0.25) is 9.40 Å². The third-order valence-electron chi connectivity index (χ3n) is 3.33. The molecule has 0 N–H and O–H groups in total. The largest absolute Gasteiger partial charge is 0.351 e. The zero-order valence-corrected chi connectivity index (χ0v) is 17.8. The Bertz CT molecular complexity index is 560. The second-order valence-corrected chi connectivity index (χ2v) is 9.88. The second-order valence-electron chi connectivity index (χ2n) is 7.79. The van der Waals surface area contributed by atoms with Gasteiger partial charge in [-0.05, 0) is 62.3 Å². The molecule has 1 atom stereocenters. The lowest BCUT2D eigenvalue weighted by Gasteiger charge is -2.47. The van der Waals surface area contributed by atoms with Crippen LogP contribution in [-0.2, 0) is 18.5 Å². The molecule has 7 nitrogen and oxygen atoms in total. The van der Waals surface area contributed by atoms with Crippen LogP contribution in [0.15, 0.2) is 0 Å². The van der Waals surface area contributed by atoms with Crippen molar-refractivity contribution < 1.29 is 18.5 Å². The first-order chi connectivity index (χ1) is 11.2. The van der Waals surface area contributed by atoms with Crippen molar-refractivity contribution in [2.45, 2.75) is 79.2 Å². The summed E-state index contributed by atoms with van der Waals surface area (Å²) < 4.78 is 24.6. The van der Waals surface area contributed by atoms with E-state index in [1.54, 1.807) is 41.5 Å². The smallest absolute Gasteiger partial charge is 0.308 e. The molecule has 8 heteroatoms. The van der Waals surface area contributed by atoms with Crippen LogP contribution in [0.5, 0.6) is 0 Å². The van der Waals surface area contributed by atoms with Gasteiger partial charge in [0.1, 0.15) is 0 Å². The first-order valence-corrected chi connectivity index (χ1v) is 10.0. The molecule has 0 aromatic heterocycles. The van der Waals surface area contributed by atoms with E-state index in [4.69, 9.17) is 13.9 Å². The highest BCUT2D eigenvalue weighted by atomic mass is 31.2. The molecular weight excluding hydrogens is 341 g/mol. The van der Waals surface area contributed by atoms with Gasteiger partial charge in [-0.25, -0.2) is 0 Å². The molecule has 1 unspecified atom stereocenters. The fraction of sp³-hybridized carbons (Fsp3) is 0.882. The summed E-state index contributed by atoms with van der Waals surface area (Å²) in [6.07, 6.45) is 0. The summed E-state index contributed by atoms with van der Waals surface area (Å²) in [6.45, 7) is 15.8. The van der Waals surface area contributed by atoms with Crippen LogP contribution in [0.1, 0.15) is 62.3 Å². The standard InChI is InChI=1S/C17H32N3O4P/c1-10-22-25(21,23-11-2)14(16(6,7)12-18)20(15(3,4)5)24-17(8,9)13-19/h14H,10-11H2,1-9H3. The molecule has 0 spiro atoms. The van der Waals surface area contributed by atoms with E-state index in [9.17, 15) is 15.1 Å². The van der Waals surface area contributed by atoms with Crippen LogP contribution in [-0.4, -0.2) is 35.2 Å². The summed E-state index contributed by atoms with van der Waals surface area (Å²) in [7, 11) is -3.75. The van der Waals surface area contributed by atoms with Crippen LogP contribution in [0.3, 0.4) is 0 Å². The van der Waals surface area contributed by atoms with Crippen molar-refractivity contribution in [2.75, 3.05) is 13.2 Å². The third kappa shape index (κ3) is 6.37. The van der Waals surface area contributed by atoms with E-state index in [-0.39, 0.29) is 13.2 Å². The Balaban J connectivity index is 6.47. The molecule has 0 aliphatic heterocycles. The molecule has 0 heterocycles. The molecule has 144 valence electrons. The van der Waals surface area contributed by atoms with Gasteiger partial charge >= 0.3 is 7.60 Å². The van der Waals surface area contributed by atoms with E-state index in [1.807, 2.05) is 20.8 Å². The van der Waals surface area contributed by atoms with Crippen LogP contribution in [0.2, 0.25) is 0 Å². The fourth-order valence-corrected chi connectivity index (χ4v) is 4.81. The Kier molecular flexibility index (Phi) is 8.30. The summed E-state index contributed by atoms with van der Waals surface area (Å²) in [5, 5.41) is 20.5. The van der Waals surface area contributed by atoms with Crippen molar-refractivity contribution in [1.82, 2.24) is 5.06 Å². The molecule has 0 fully saturated rings. The molecule has 0 amide bonds. The summed E-state index contributed by atoms with van der Waals surface area (Å²) >= 11 is 0. The van der Waals surface area contributed by atoms with Crippen molar-refractivity contribution >= 4 is 7.60 Å². The minimum atomic E-state index is -3.75. The molecule has 0 aliphatic carbocycles. The lowest BCUT2D eigenvalue weighted by Crippen LogP contribution is -2.56. The maximum atomic E-state index is 13.6. The molecule has 0 aromatic carbocycles. The van der Waals surface area contributed by atoms with Crippen LogP contribution in [0.4, 0.5) is 0 Å². The summed E-state index contributed by atoms with van der Waals surface area (Å²) in [6, 6.07) is 4.25. The lowest BCUT2D eigenvalue weighted by molar-refractivity contribution is -0.276. The Labute approximate surface area is 152 Å². The van der Waals surface area contributed by atoms with E-state index in [0.717, 1.165) is 0 Å². The number of hydrogen-bond acceptors (Lipinski definition) is 7.